The monoisotopic (exact) mass is 327 g/mol. The van der Waals surface area contributed by atoms with Crippen molar-refractivity contribution >= 4 is 17.7 Å². The van der Waals surface area contributed by atoms with Crippen LogP contribution in [0, 0.1) is 0 Å². The Bertz CT molecular complexity index is 765. The van der Waals surface area contributed by atoms with Gasteiger partial charge in [0.15, 0.2) is 11.5 Å². The summed E-state index contributed by atoms with van der Waals surface area (Å²) in [5.41, 5.74) is 1.67. The first-order valence-electron chi connectivity index (χ1n) is 7.94. The van der Waals surface area contributed by atoms with Gasteiger partial charge < -0.3 is 14.4 Å². The number of nitrogens with zero attached hydrogens (tertiary/aromatic N) is 3. The second-order valence-electron chi connectivity index (χ2n) is 5.91. The highest BCUT2D eigenvalue weighted by atomic mass is 16.6. The van der Waals surface area contributed by atoms with Crippen LogP contribution in [0.3, 0.4) is 0 Å². The van der Waals surface area contributed by atoms with E-state index in [1.54, 1.807) is 27.9 Å². The molecule has 1 aromatic carbocycles. The van der Waals surface area contributed by atoms with E-state index in [2.05, 4.69) is 5.10 Å². The summed E-state index contributed by atoms with van der Waals surface area (Å²) in [5, 5.41) is 4.14. The third kappa shape index (κ3) is 3.42. The molecule has 0 radical (unpaired) electrons. The van der Waals surface area contributed by atoms with Crippen molar-refractivity contribution in [3.05, 3.63) is 42.2 Å². The first-order valence-corrected chi connectivity index (χ1v) is 7.94. The summed E-state index contributed by atoms with van der Waals surface area (Å²) in [6.07, 6.45) is 6.87. The minimum Gasteiger partial charge on any atom is -0.486 e. The fraction of sp³-hybridized carbons (Fsp3) is 0.333. The number of fused-ring (bicyclic) bond motifs is 1. The topological polar surface area (TPSA) is 56.6 Å². The maximum atomic E-state index is 12.6. The molecule has 6 nitrogen and oxygen atoms in total. The number of hydrogen-bond acceptors (Lipinski definition) is 4. The highest BCUT2D eigenvalue weighted by Gasteiger charge is 2.18. The van der Waals surface area contributed by atoms with Crippen molar-refractivity contribution in [3.8, 4) is 11.5 Å². The van der Waals surface area contributed by atoms with Crippen molar-refractivity contribution in [2.75, 3.05) is 18.1 Å². The number of aryl methyl sites for hydroxylation is 1. The van der Waals surface area contributed by atoms with Gasteiger partial charge in [-0.05, 0) is 37.6 Å². The molecule has 1 amide bonds. The highest BCUT2D eigenvalue weighted by molar-refractivity contribution is 6.04. The Hall–Kier alpha value is -2.76. The third-order valence-corrected chi connectivity index (χ3v) is 3.71. The first-order chi connectivity index (χ1) is 11.5. The van der Waals surface area contributed by atoms with Crippen molar-refractivity contribution in [2.45, 2.75) is 19.9 Å². The molecule has 0 aliphatic carbocycles. The van der Waals surface area contributed by atoms with Crippen molar-refractivity contribution in [3.63, 3.8) is 0 Å². The highest BCUT2D eigenvalue weighted by Crippen LogP contribution is 2.31. The number of benzene rings is 1. The summed E-state index contributed by atoms with van der Waals surface area (Å²) in [5.74, 6) is 1.36. The summed E-state index contributed by atoms with van der Waals surface area (Å²) >= 11 is 0. The standard InChI is InChI=1S/C18H21N3O3/c1-13(2)21(15-11-19-20(3)12-15)18(22)7-5-14-4-6-16-17(10-14)24-9-8-23-16/h4-7,10-13H,8-9H2,1-3H3. The maximum absolute atomic E-state index is 12.6. The van der Waals surface area contributed by atoms with E-state index in [1.807, 2.05) is 45.3 Å². The summed E-state index contributed by atoms with van der Waals surface area (Å²) in [6, 6.07) is 5.68. The van der Waals surface area contributed by atoms with E-state index in [4.69, 9.17) is 9.47 Å². The van der Waals surface area contributed by atoms with Gasteiger partial charge in [0, 0.05) is 25.4 Å². The molecule has 1 aliphatic heterocycles. The van der Waals surface area contributed by atoms with Crippen LogP contribution in [-0.2, 0) is 11.8 Å². The Morgan fingerprint density at radius 1 is 1.29 bits per heavy atom. The Kier molecular flexibility index (Phi) is 4.55. The van der Waals surface area contributed by atoms with Crippen molar-refractivity contribution in [1.82, 2.24) is 9.78 Å². The van der Waals surface area contributed by atoms with Gasteiger partial charge in [-0.25, -0.2) is 0 Å². The molecule has 24 heavy (non-hydrogen) atoms. The minimum atomic E-state index is -0.0899. The number of anilines is 1. The van der Waals surface area contributed by atoms with Crippen LogP contribution in [0.25, 0.3) is 6.08 Å². The van der Waals surface area contributed by atoms with Gasteiger partial charge in [-0.3, -0.25) is 9.48 Å². The summed E-state index contributed by atoms with van der Waals surface area (Å²) in [6.45, 7) is 5.06. The fourth-order valence-electron chi connectivity index (χ4n) is 2.62. The van der Waals surface area contributed by atoms with Gasteiger partial charge in [0.1, 0.15) is 13.2 Å². The predicted octanol–water partition coefficient (Wildman–Crippen LogP) is 2.65. The van der Waals surface area contributed by atoms with Crippen molar-refractivity contribution < 1.29 is 14.3 Å². The Labute approximate surface area is 141 Å². The van der Waals surface area contributed by atoms with E-state index in [0.717, 1.165) is 17.0 Å². The van der Waals surface area contributed by atoms with Crippen LogP contribution in [-0.4, -0.2) is 34.9 Å². The van der Waals surface area contributed by atoms with Crippen LogP contribution in [0.1, 0.15) is 19.4 Å². The summed E-state index contributed by atoms with van der Waals surface area (Å²) < 4.78 is 12.7. The molecule has 0 fully saturated rings. The van der Waals surface area contributed by atoms with Crippen LogP contribution >= 0.6 is 0 Å². The lowest BCUT2D eigenvalue weighted by molar-refractivity contribution is -0.114. The van der Waals surface area contributed by atoms with Crippen LogP contribution in [0.5, 0.6) is 11.5 Å². The Morgan fingerprint density at radius 3 is 2.71 bits per heavy atom. The van der Waals surface area contributed by atoms with Crippen LogP contribution in [0.4, 0.5) is 5.69 Å². The normalized spacial score (nSPS) is 13.5. The molecule has 0 unspecified atom stereocenters. The zero-order valence-electron chi connectivity index (χ0n) is 14.1. The van der Waals surface area contributed by atoms with Gasteiger partial charge in [-0.2, -0.15) is 5.10 Å². The number of ether oxygens (including phenoxy) is 2. The van der Waals surface area contributed by atoms with E-state index in [0.29, 0.717) is 19.0 Å². The molecule has 0 N–H and O–H groups in total. The zero-order valence-corrected chi connectivity index (χ0v) is 14.1. The van der Waals surface area contributed by atoms with E-state index < -0.39 is 0 Å². The van der Waals surface area contributed by atoms with Crippen LogP contribution in [0.15, 0.2) is 36.7 Å². The number of carbonyl (C=O) groups is 1. The summed E-state index contributed by atoms with van der Waals surface area (Å²) in [7, 11) is 1.83. The number of aromatic nitrogens is 2. The van der Waals surface area contributed by atoms with E-state index in [9.17, 15) is 4.79 Å². The van der Waals surface area contributed by atoms with Gasteiger partial charge >= 0.3 is 0 Å². The molecule has 0 bridgehead atoms. The molecular formula is C18H21N3O3. The quantitative estimate of drug-likeness (QED) is 0.810. The number of carbonyl (C=O) groups excluding carboxylic acids is 1. The molecule has 126 valence electrons. The first kappa shape index (κ1) is 16.1. The molecule has 1 aromatic heterocycles. The third-order valence-electron chi connectivity index (χ3n) is 3.71. The largest absolute Gasteiger partial charge is 0.486 e. The lowest BCUT2D eigenvalue weighted by atomic mass is 10.1. The molecule has 6 heteroatoms. The average Bonchev–Trinajstić information content (AvgIpc) is 2.98. The molecule has 1 aliphatic rings. The molecule has 0 saturated carbocycles. The van der Waals surface area contributed by atoms with E-state index in [1.165, 1.54) is 0 Å². The molecule has 0 atom stereocenters. The Morgan fingerprint density at radius 2 is 2.04 bits per heavy atom. The molecule has 0 saturated heterocycles. The molecule has 2 aromatic rings. The van der Waals surface area contributed by atoms with E-state index >= 15 is 0 Å². The molecular weight excluding hydrogens is 306 g/mol. The van der Waals surface area contributed by atoms with Crippen molar-refractivity contribution in [1.29, 1.82) is 0 Å². The molecule has 2 heterocycles. The van der Waals surface area contributed by atoms with Gasteiger partial charge in [-0.15, -0.1) is 0 Å². The van der Waals surface area contributed by atoms with Crippen LogP contribution in [0.2, 0.25) is 0 Å². The second-order valence-corrected chi connectivity index (χ2v) is 5.91. The number of rotatable bonds is 4. The molecule has 0 spiro atoms. The minimum absolute atomic E-state index is 0.0339. The predicted molar refractivity (Wildman–Crippen MR) is 92.3 cm³/mol. The van der Waals surface area contributed by atoms with Gasteiger partial charge in [-0.1, -0.05) is 6.07 Å². The van der Waals surface area contributed by atoms with Gasteiger partial charge in [0.05, 0.1) is 11.9 Å². The Balaban J connectivity index is 1.78. The average molecular weight is 327 g/mol. The van der Waals surface area contributed by atoms with Crippen molar-refractivity contribution in [2.24, 2.45) is 7.05 Å². The smallest absolute Gasteiger partial charge is 0.251 e. The second kappa shape index (κ2) is 6.78. The lowest BCUT2D eigenvalue weighted by Gasteiger charge is -2.23. The molecule has 3 rings (SSSR count). The fourth-order valence-corrected chi connectivity index (χ4v) is 2.62. The maximum Gasteiger partial charge on any atom is 0.251 e. The van der Waals surface area contributed by atoms with E-state index in [-0.39, 0.29) is 11.9 Å². The van der Waals surface area contributed by atoms with Gasteiger partial charge in [0.2, 0.25) is 0 Å². The van der Waals surface area contributed by atoms with Gasteiger partial charge in [0.25, 0.3) is 5.91 Å². The SMILES string of the molecule is CC(C)N(C(=O)C=Cc1ccc2c(c1)OCCO2)c1cnn(C)c1. The lowest BCUT2D eigenvalue weighted by Crippen LogP contribution is -2.35. The zero-order chi connectivity index (χ0) is 17.1. The number of amides is 1. The van der Waals surface area contributed by atoms with Crippen LogP contribution < -0.4 is 14.4 Å². The summed E-state index contributed by atoms with van der Waals surface area (Å²) in [4.78, 5) is 14.3. The number of hydrogen-bond donors (Lipinski definition) is 0.